The summed E-state index contributed by atoms with van der Waals surface area (Å²) in [5.41, 5.74) is 2.48. The van der Waals surface area contributed by atoms with Gasteiger partial charge in [-0.15, -0.1) is 11.3 Å². The van der Waals surface area contributed by atoms with Crippen molar-refractivity contribution in [1.82, 2.24) is 24.4 Å². The number of carboxylic acids is 1. The average Bonchev–Trinajstić information content (AvgIpc) is 3.51. The largest absolute Gasteiger partial charge is 0.478 e. The molecule has 0 radical (unpaired) electrons. The molecule has 4 aromatic heterocycles. The van der Waals surface area contributed by atoms with Crippen molar-refractivity contribution in [2.24, 2.45) is 0 Å². The molecule has 0 saturated carbocycles. The maximum atomic E-state index is 13.9. The minimum atomic E-state index is -1.05. The van der Waals surface area contributed by atoms with Gasteiger partial charge in [0.2, 0.25) is 0 Å². The Balaban J connectivity index is 1.34. The standard InChI is InChI=1S/C35H29ClN8O3S/c1-21-41-28-19-40-32(42-13-15-43(16-14-42)35(2,3)9-10-37)26(18-38)29(28)33(45)44(21)12-4-5-22-6-7-23(36)17-25(22)24-8-11-39-30-27(34(46)47)20-48-31(24)30/h6-8,11,17,19-20H,9,12-16H2,1-3H3,(H,46,47). The fraction of sp³-hybridized carbons (Fsp3) is 0.286. The topological polar surface area (TPSA) is 152 Å². The van der Waals surface area contributed by atoms with E-state index in [0.717, 1.165) is 5.56 Å². The zero-order chi connectivity index (χ0) is 34.2. The number of hydrogen-bond acceptors (Lipinski definition) is 10. The van der Waals surface area contributed by atoms with Gasteiger partial charge in [-0.25, -0.2) is 14.8 Å². The summed E-state index contributed by atoms with van der Waals surface area (Å²) in [6.45, 7) is 8.39. The number of aryl methyl sites for hydroxylation is 1. The SMILES string of the molecule is Cc1nc2cnc(N3CCN(C(C)(C)CC#N)CC3)c(C#N)c2c(=O)n1CC#Cc1ccc(Cl)cc1-c1ccnc2c(C(=O)O)csc12. The van der Waals surface area contributed by atoms with Crippen LogP contribution in [0.5, 0.6) is 0 Å². The molecule has 48 heavy (non-hydrogen) atoms. The van der Waals surface area contributed by atoms with Gasteiger partial charge in [0.05, 0.1) is 51.9 Å². The highest BCUT2D eigenvalue weighted by atomic mass is 35.5. The Labute approximate surface area is 285 Å². The number of nitriles is 2. The molecule has 0 bridgehead atoms. The Morgan fingerprint density at radius 1 is 1.12 bits per heavy atom. The monoisotopic (exact) mass is 676 g/mol. The highest BCUT2D eigenvalue weighted by molar-refractivity contribution is 7.18. The molecule has 5 aromatic rings. The second kappa shape index (κ2) is 13.1. The lowest BCUT2D eigenvalue weighted by Crippen LogP contribution is -2.54. The van der Waals surface area contributed by atoms with Crippen molar-refractivity contribution in [3.8, 4) is 35.1 Å². The smallest absolute Gasteiger partial charge is 0.338 e. The third-order valence-electron chi connectivity index (χ3n) is 8.65. The summed E-state index contributed by atoms with van der Waals surface area (Å²) in [6.07, 6.45) is 3.51. The fourth-order valence-electron chi connectivity index (χ4n) is 6.03. The van der Waals surface area contributed by atoms with Crippen LogP contribution in [0.15, 0.2) is 46.8 Å². The predicted molar refractivity (Wildman–Crippen MR) is 185 cm³/mol. The summed E-state index contributed by atoms with van der Waals surface area (Å²) in [6, 6.07) is 11.5. The van der Waals surface area contributed by atoms with E-state index >= 15 is 0 Å². The van der Waals surface area contributed by atoms with Crippen LogP contribution in [0.25, 0.3) is 32.2 Å². The molecule has 1 N–H and O–H groups in total. The first-order chi connectivity index (χ1) is 23.0. The van der Waals surface area contributed by atoms with Crippen LogP contribution in [0.3, 0.4) is 0 Å². The first-order valence-electron chi connectivity index (χ1n) is 15.1. The van der Waals surface area contributed by atoms with E-state index in [1.54, 1.807) is 42.8 Å². The van der Waals surface area contributed by atoms with E-state index in [2.05, 4.69) is 43.8 Å². The molecule has 1 fully saturated rings. The van der Waals surface area contributed by atoms with Gasteiger partial charge in [-0.1, -0.05) is 23.4 Å². The van der Waals surface area contributed by atoms with Gasteiger partial charge in [0, 0.05) is 65.0 Å². The molecule has 1 saturated heterocycles. The van der Waals surface area contributed by atoms with Gasteiger partial charge in [0.1, 0.15) is 23.3 Å². The zero-order valence-corrected chi connectivity index (χ0v) is 28.0. The minimum absolute atomic E-state index is 0.0127. The number of hydrogen-bond donors (Lipinski definition) is 1. The molecule has 5 heterocycles. The minimum Gasteiger partial charge on any atom is -0.478 e. The van der Waals surface area contributed by atoms with E-state index < -0.39 is 5.97 Å². The molecule has 0 spiro atoms. The van der Waals surface area contributed by atoms with E-state index in [4.69, 9.17) is 11.6 Å². The van der Waals surface area contributed by atoms with Gasteiger partial charge in [0.15, 0.2) is 0 Å². The van der Waals surface area contributed by atoms with Crippen LogP contribution in [-0.4, -0.2) is 67.2 Å². The normalized spacial score (nSPS) is 13.6. The number of aromatic nitrogens is 4. The molecule has 1 aliphatic heterocycles. The third kappa shape index (κ3) is 5.96. The van der Waals surface area contributed by atoms with Crippen molar-refractivity contribution < 1.29 is 9.90 Å². The van der Waals surface area contributed by atoms with Crippen molar-refractivity contribution >= 4 is 55.8 Å². The molecule has 0 aliphatic carbocycles. The Morgan fingerprint density at radius 3 is 2.60 bits per heavy atom. The summed E-state index contributed by atoms with van der Waals surface area (Å²) in [4.78, 5) is 43.4. The molecule has 13 heteroatoms. The maximum absolute atomic E-state index is 13.9. The van der Waals surface area contributed by atoms with Crippen LogP contribution < -0.4 is 10.5 Å². The lowest BCUT2D eigenvalue weighted by molar-refractivity contribution is 0.0699. The summed E-state index contributed by atoms with van der Waals surface area (Å²) < 4.78 is 2.15. The van der Waals surface area contributed by atoms with Crippen molar-refractivity contribution in [3.63, 3.8) is 0 Å². The van der Waals surface area contributed by atoms with Crippen LogP contribution in [0.2, 0.25) is 5.02 Å². The number of fused-ring (bicyclic) bond motifs is 2. The predicted octanol–water partition coefficient (Wildman–Crippen LogP) is 5.47. The third-order valence-corrected chi connectivity index (χ3v) is 9.88. The molecule has 0 unspecified atom stereocenters. The van der Waals surface area contributed by atoms with Gasteiger partial charge in [-0.2, -0.15) is 10.5 Å². The van der Waals surface area contributed by atoms with Gasteiger partial charge in [0.25, 0.3) is 5.56 Å². The van der Waals surface area contributed by atoms with Crippen LogP contribution in [0.4, 0.5) is 5.82 Å². The highest BCUT2D eigenvalue weighted by Crippen LogP contribution is 2.36. The lowest BCUT2D eigenvalue weighted by atomic mass is 9.98. The summed E-state index contributed by atoms with van der Waals surface area (Å²) in [5, 5.41) is 31.3. The number of piperazine rings is 1. The zero-order valence-electron chi connectivity index (χ0n) is 26.4. The quantitative estimate of drug-likeness (QED) is 0.229. The first kappa shape index (κ1) is 32.6. The summed E-state index contributed by atoms with van der Waals surface area (Å²) in [7, 11) is 0. The Morgan fingerprint density at radius 2 is 1.90 bits per heavy atom. The highest BCUT2D eigenvalue weighted by Gasteiger charge is 2.31. The number of nitrogens with zero attached hydrogens (tertiary/aromatic N) is 8. The number of carboxylic acid groups (broad SMARTS) is 1. The molecule has 0 atom stereocenters. The number of halogens is 1. The number of anilines is 1. The Kier molecular flexibility index (Phi) is 8.87. The van der Waals surface area contributed by atoms with Crippen LogP contribution in [0, 0.1) is 41.4 Å². The van der Waals surface area contributed by atoms with Crippen molar-refractivity contribution in [2.45, 2.75) is 39.3 Å². The number of aromatic carboxylic acids is 1. The van der Waals surface area contributed by atoms with E-state index in [9.17, 15) is 25.2 Å². The molecule has 0 amide bonds. The van der Waals surface area contributed by atoms with E-state index in [1.165, 1.54) is 22.1 Å². The van der Waals surface area contributed by atoms with Gasteiger partial charge in [-0.05, 0) is 45.0 Å². The number of thiophene rings is 1. The summed E-state index contributed by atoms with van der Waals surface area (Å²) >= 11 is 7.67. The number of carbonyl (C=O) groups is 1. The van der Waals surface area contributed by atoms with Crippen LogP contribution in [0.1, 0.15) is 47.6 Å². The fourth-order valence-corrected chi connectivity index (χ4v) is 7.23. The molecular weight excluding hydrogens is 648 g/mol. The molecule has 1 aliphatic rings. The van der Waals surface area contributed by atoms with Crippen molar-refractivity contribution in [3.05, 3.63) is 79.9 Å². The van der Waals surface area contributed by atoms with Gasteiger partial charge >= 0.3 is 5.97 Å². The van der Waals surface area contributed by atoms with E-state index in [-0.39, 0.29) is 34.2 Å². The molecular formula is C35H29ClN8O3S. The van der Waals surface area contributed by atoms with Crippen molar-refractivity contribution in [1.29, 1.82) is 10.5 Å². The average molecular weight is 677 g/mol. The molecule has 240 valence electrons. The molecule has 6 rings (SSSR count). The lowest BCUT2D eigenvalue weighted by Gasteiger charge is -2.43. The molecule has 1 aromatic carbocycles. The second-order valence-corrected chi connectivity index (χ2v) is 13.3. The Hall–Kier alpha value is -5.32. The maximum Gasteiger partial charge on any atom is 0.338 e. The van der Waals surface area contributed by atoms with E-state index in [1.807, 2.05) is 18.7 Å². The van der Waals surface area contributed by atoms with Crippen molar-refractivity contribution in [2.75, 3.05) is 31.1 Å². The number of rotatable bonds is 6. The second-order valence-electron chi connectivity index (χ2n) is 12.0. The van der Waals surface area contributed by atoms with Gasteiger partial charge in [-0.3, -0.25) is 19.2 Å². The number of pyridine rings is 2. The molecule has 11 nitrogen and oxygen atoms in total. The van der Waals surface area contributed by atoms with E-state index in [0.29, 0.717) is 76.1 Å². The van der Waals surface area contributed by atoms with Crippen LogP contribution in [-0.2, 0) is 6.54 Å². The Bertz CT molecular complexity index is 2310. The van der Waals surface area contributed by atoms with Gasteiger partial charge < -0.3 is 10.0 Å². The number of benzene rings is 1. The van der Waals surface area contributed by atoms with Crippen LogP contribution >= 0.6 is 22.9 Å². The summed E-state index contributed by atoms with van der Waals surface area (Å²) in [5.74, 6) is 6.08. The first-order valence-corrected chi connectivity index (χ1v) is 16.3.